The van der Waals surface area contributed by atoms with E-state index in [9.17, 15) is 0 Å². The monoisotopic (exact) mass is 293 g/mol. The van der Waals surface area contributed by atoms with Gasteiger partial charge in [-0.25, -0.2) is 0 Å². The van der Waals surface area contributed by atoms with Gasteiger partial charge in [0.05, 0.1) is 0 Å². The van der Waals surface area contributed by atoms with E-state index in [4.69, 9.17) is 33.2 Å². The topological polar surface area (TPSA) is 3.24 Å². The molecule has 0 aliphatic rings. The molecule has 7 heteroatoms. The first-order valence-electron chi connectivity index (χ1n) is 4.24. The number of hydrogen-bond donors (Lipinski definition) is 0. The molecule has 0 radical (unpaired) electrons. The van der Waals surface area contributed by atoms with Gasteiger partial charge in [-0.15, -0.1) is 33.2 Å². The Bertz CT molecular complexity index is 146. The summed E-state index contributed by atoms with van der Waals surface area (Å²) >= 11 is 19.3. The lowest BCUT2D eigenvalue weighted by Gasteiger charge is -2.46. The molecule has 1 nitrogen and oxygen atoms in total. The van der Waals surface area contributed by atoms with Crippen molar-refractivity contribution in [2.75, 3.05) is 0 Å². The summed E-state index contributed by atoms with van der Waals surface area (Å²) < 4.78 is 2.28. The zero-order valence-electron chi connectivity index (χ0n) is 9.08. The van der Waals surface area contributed by atoms with Crippen LogP contribution >= 0.6 is 33.2 Å². The van der Waals surface area contributed by atoms with E-state index in [1.807, 2.05) is 0 Å². The van der Waals surface area contributed by atoms with Gasteiger partial charge in [0.25, 0.3) is 0 Å². The maximum Gasteiger partial charge on any atom is 0.212 e. The third kappa shape index (κ3) is 4.68. The van der Waals surface area contributed by atoms with Gasteiger partial charge >= 0.3 is 0 Å². The first kappa shape index (κ1) is 14.5. The number of hydrogen-bond acceptors (Lipinski definition) is 1. The summed E-state index contributed by atoms with van der Waals surface area (Å²) in [6.45, 7) is 12.5. The molecule has 0 rings (SSSR count). The fourth-order valence-electron chi connectivity index (χ4n) is 1.90. The van der Waals surface area contributed by atoms with E-state index >= 15 is 0 Å². The van der Waals surface area contributed by atoms with Crippen molar-refractivity contribution in [1.29, 1.82) is 0 Å². The lowest BCUT2D eigenvalue weighted by Crippen LogP contribution is -2.66. The molecule has 13 heavy (non-hydrogen) atoms. The second-order valence-corrected chi connectivity index (χ2v) is 24.0. The molecule has 80 valence electrons. The molecule has 0 fully saturated rings. The minimum absolute atomic E-state index is 1.89. The zero-order chi connectivity index (χ0) is 11.1. The van der Waals surface area contributed by atoms with Crippen LogP contribution < -0.4 is 0 Å². The Kier molecular flexibility index (Phi) is 4.63. The first-order chi connectivity index (χ1) is 5.37. The Morgan fingerprint density at radius 3 is 0.769 bits per heavy atom. The highest BCUT2D eigenvalue weighted by atomic mass is 35.6. The Morgan fingerprint density at radius 1 is 0.615 bits per heavy atom. The van der Waals surface area contributed by atoms with Crippen LogP contribution in [0.4, 0.5) is 0 Å². The molecule has 0 atom stereocenters. The summed E-state index contributed by atoms with van der Waals surface area (Å²) in [5.41, 5.74) is 0. The quantitative estimate of drug-likeness (QED) is 0.559. The average molecular weight is 295 g/mol. The molecule has 0 aliphatic carbocycles. The third-order valence-corrected chi connectivity index (χ3v) is 18.9. The van der Waals surface area contributed by atoms with Gasteiger partial charge in [-0.1, -0.05) is 0 Å². The van der Waals surface area contributed by atoms with E-state index in [0.29, 0.717) is 0 Å². The lowest BCUT2D eigenvalue weighted by molar-refractivity contribution is 0.966. The molecule has 0 aliphatic heterocycles. The normalized spacial score (nSPS) is 15.2. The van der Waals surface area contributed by atoms with Crippen LogP contribution in [-0.2, 0) is 0 Å². The molecule has 0 bridgehead atoms. The van der Waals surface area contributed by atoms with Crippen molar-refractivity contribution in [3.8, 4) is 0 Å². The Hall–Kier alpha value is 1.48. The molecular weight excluding hydrogens is 277 g/mol. The standard InChI is InChI=1S/C6H18Cl3NSi3/c1-11(2,7)10(12(3,4)8)13(5,6)9/h1-6H3. The van der Waals surface area contributed by atoms with Crippen LogP contribution in [-0.4, -0.2) is 26.5 Å². The van der Waals surface area contributed by atoms with E-state index in [1.54, 1.807) is 0 Å². The summed E-state index contributed by atoms with van der Waals surface area (Å²) in [5.74, 6) is 0. The maximum atomic E-state index is 6.43. The fourth-order valence-corrected chi connectivity index (χ4v) is 29.6. The summed E-state index contributed by atoms with van der Waals surface area (Å²) in [5, 5.41) is 0. The molecule has 0 saturated carbocycles. The molecule has 0 unspecified atom stereocenters. The highest BCUT2D eigenvalue weighted by Crippen LogP contribution is 2.33. The van der Waals surface area contributed by atoms with Crippen LogP contribution in [0.5, 0.6) is 0 Å². The molecule has 0 N–H and O–H groups in total. The minimum Gasteiger partial charge on any atom is -0.332 e. The second kappa shape index (κ2) is 4.15. The van der Waals surface area contributed by atoms with E-state index in [-0.39, 0.29) is 0 Å². The van der Waals surface area contributed by atoms with Crippen LogP contribution in [0.3, 0.4) is 0 Å². The van der Waals surface area contributed by atoms with Crippen molar-refractivity contribution in [3.63, 3.8) is 0 Å². The molecular formula is C6H18Cl3NSi3. The summed E-state index contributed by atoms with van der Waals surface area (Å²) in [4.78, 5) is 0. The van der Waals surface area contributed by atoms with Gasteiger partial charge in [-0.05, 0) is 39.3 Å². The highest BCUT2D eigenvalue weighted by Gasteiger charge is 2.47. The molecule has 0 spiro atoms. The smallest absolute Gasteiger partial charge is 0.212 e. The Balaban J connectivity index is 5.02. The van der Waals surface area contributed by atoms with Crippen molar-refractivity contribution < 1.29 is 0 Å². The molecule has 0 aromatic heterocycles. The third-order valence-electron chi connectivity index (χ3n) is 1.60. The molecule has 0 heterocycles. The van der Waals surface area contributed by atoms with Gasteiger partial charge < -0.3 is 3.90 Å². The maximum absolute atomic E-state index is 6.43. The van der Waals surface area contributed by atoms with Crippen LogP contribution in [0.1, 0.15) is 0 Å². The van der Waals surface area contributed by atoms with Crippen molar-refractivity contribution in [1.82, 2.24) is 3.90 Å². The fraction of sp³-hybridized carbons (Fsp3) is 1.00. The van der Waals surface area contributed by atoms with Crippen molar-refractivity contribution in [3.05, 3.63) is 0 Å². The van der Waals surface area contributed by atoms with Crippen molar-refractivity contribution in [2.24, 2.45) is 0 Å². The van der Waals surface area contributed by atoms with Crippen LogP contribution in [0.15, 0.2) is 0 Å². The summed E-state index contributed by atoms with van der Waals surface area (Å²) in [7, 11) is -5.68. The van der Waals surface area contributed by atoms with Gasteiger partial charge in [-0.3, -0.25) is 0 Å². The number of rotatable bonds is 3. The van der Waals surface area contributed by atoms with Crippen molar-refractivity contribution >= 4 is 55.9 Å². The van der Waals surface area contributed by atoms with E-state index < -0.39 is 22.6 Å². The number of nitrogens with zero attached hydrogens (tertiary/aromatic N) is 1. The van der Waals surface area contributed by atoms with Crippen LogP contribution in [0.25, 0.3) is 0 Å². The van der Waals surface area contributed by atoms with Gasteiger partial charge in [-0.2, -0.15) is 0 Å². The second-order valence-electron chi connectivity index (χ2n) is 4.56. The zero-order valence-corrected chi connectivity index (χ0v) is 14.3. The highest BCUT2D eigenvalue weighted by molar-refractivity contribution is 7.38. The predicted molar refractivity (Wildman–Crippen MR) is 71.8 cm³/mol. The molecule has 0 aromatic rings. The van der Waals surface area contributed by atoms with Crippen LogP contribution in [0.2, 0.25) is 39.3 Å². The Labute approximate surface area is 98.7 Å². The largest absolute Gasteiger partial charge is 0.332 e. The average Bonchev–Trinajstić information content (AvgIpc) is 1.44. The SMILES string of the molecule is C[Si](C)(Cl)N([Si](C)(C)Cl)[Si](C)(C)Cl. The van der Waals surface area contributed by atoms with Gasteiger partial charge in [0, 0.05) is 0 Å². The van der Waals surface area contributed by atoms with Gasteiger partial charge in [0.1, 0.15) is 0 Å². The number of halogens is 3. The van der Waals surface area contributed by atoms with Crippen LogP contribution in [0, 0.1) is 0 Å². The molecule has 0 amide bonds. The van der Waals surface area contributed by atoms with Gasteiger partial charge in [0.15, 0.2) is 0 Å². The lowest BCUT2D eigenvalue weighted by atomic mass is 11.9. The summed E-state index contributed by atoms with van der Waals surface area (Å²) in [6, 6.07) is 0. The predicted octanol–water partition coefficient (Wildman–Crippen LogP) is 4.11. The Morgan fingerprint density at radius 2 is 0.769 bits per heavy atom. The van der Waals surface area contributed by atoms with Crippen molar-refractivity contribution in [2.45, 2.75) is 39.3 Å². The van der Waals surface area contributed by atoms with E-state index in [1.165, 1.54) is 0 Å². The van der Waals surface area contributed by atoms with Gasteiger partial charge in [0.2, 0.25) is 22.6 Å². The van der Waals surface area contributed by atoms with E-state index in [0.717, 1.165) is 0 Å². The molecule has 0 saturated heterocycles. The van der Waals surface area contributed by atoms with E-state index in [2.05, 4.69) is 43.2 Å². The molecule has 0 aromatic carbocycles. The summed E-state index contributed by atoms with van der Waals surface area (Å²) in [6.07, 6.45) is 0. The first-order valence-corrected chi connectivity index (χ1v) is 16.1. The minimum atomic E-state index is -1.89.